The zero-order chi connectivity index (χ0) is 15.5. The number of hydrogen-bond donors (Lipinski definition) is 1. The van der Waals surface area contributed by atoms with Gasteiger partial charge in [0.25, 0.3) is 0 Å². The molecule has 0 spiro atoms. The minimum absolute atomic E-state index is 0.337. The molecule has 1 aliphatic rings. The van der Waals surface area contributed by atoms with Crippen LogP contribution in [0.25, 0.3) is 17.2 Å². The van der Waals surface area contributed by atoms with Crippen LogP contribution >= 0.6 is 0 Å². The molecule has 4 nitrogen and oxygen atoms in total. The molecule has 0 amide bonds. The van der Waals surface area contributed by atoms with Crippen molar-refractivity contribution in [3.8, 4) is 11.1 Å². The molecule has 0 radical (unpaired) electrons. The van der Waals surface area contributed by atoms with Crippen molar-refractivity contribution in [2.24, 2.45) is 10.7 Å². The smallest absolute Gasteiger partial charge is 0.337 e. The molecule has 2 N–H and O–H groups in total. The predicted molar refractivity (Wildman–Crippen MR) is 88.2 cm³/mol. The normalized spacial score (nSPS) is 13.0. The van der Waals surface area contributed by atoms with E-state index in [4.69, 9.17) is 10.5 Å². The second-order valence-corrected chi connectivity index (χ2v) is 5.05. The van der Waals surface area contributed by atoms with E-state index < -0.39 is 0 Å². The first kappa shape index (κ1) is 14.1. The van der Waals surface area contributed by atoms with Gasteiger partial charge in [-0.25, -0.2) is 9.79 Å². The van der Waals surface area contributed by atoms with E-state index >= 15 is 0 Å². The highest BCUT2D eigenvalue weighted by atomic mass is 16.5. The third kappa shape index (κ3) is 2.76. The Balaban J connectivity index is 1.98. The minimum Gasteiger partial charge on any atom is -0.465 e. The summed E-state index contributed by atoms with van der Waals surface area (Å²) in [5, 5.41) is 0. The molecule has 0 atom stereocenters. The van der Waals surface area contributed by atoms with Crippen LogP contribution in [0.3, 0.4) is 0 Å². The largest absolute Gasteiger partial charge is 0.465 e. The van der Waals surface area contributed by atoms with Gasteiger partial charge < -0.3 is 10.5 Å². The molecule has 0 aromatic heterocycles. The third-order valence-electron chi connectivity index (χ3n) is 3.56. The van der Waals surface area contributed by atoms with E-state index in [1.807, 2.05) is 42.5 Å². The number of nitrogens with two attached hydrogens (primary N) is 1. The maximum atomic E-state index is 11.5. The number of esters is 1. The summed E-state index contributed by atoms with van der Waals surface area (Å²) < 4.78 is 4.70. The van der Waals surface area contributed by atoms with Gasteiger partial charge in [0.2, 0.25) is 0 Å². The lowest BCUT2D eigenvalue weighted by atomic mass is 10.0. The fourth-order valence-electron chi connectivity index (χ4n) is 2.38. The molecular formula is C18H16N2O2. The molecule has 0 aliphatic carbocycles. The Labute approximate surface area is 128 Å². The number of carbonyl (C=O) groups excluding carboxylic acids is 1. The van der Waals surface area contributed by atoms with E-state index in [1.54, 1.807) is 12.1 Å². The maximum absolute atomic E-state index is 11.5. The van der Waals surface area contributed by atoms with Crippen LogP contribution in [0, 0.1) is 0 Å². The second-order valence-electron chi connectivity index (χ2n) is 5.05. The Morgan fingerprint density at radius 3 is 2.59 bits per heavy atom. The highest BCUT2D eigenvalue weighted by Crippen LogP contribution is 2.30. The molecular weight excluding hydrogens is 276 g/mol. The molecule has 1 aliphatic heterocycles. The molecule has 0 fully saturated rings. The van der Waals surface area contributed by atoms with Gasteiger partial charge in [-0.3, -0.25) is 0 Å². The van der Waals surface area contributed by atoms with E-state index in [2.05, 4.69) is 4.99 Å². The van der Waals surface area contributed by atoms with Gasteiger partial charge in [0.05, 0.1) is 18.4 Å². The first-order valence-electron chi connectivity index (χ1n) is 7.00. The summed E-state index contributed by atoms with van der Waals surface area (Å²) in [5.41, 5.74) is 10.3. The highest BCUT2D eigenvalue weighted by molar-refractivity contribution is 5.91. The fraction of sp³-hybridized carbons (Fsp3) is 0.111. The topological polar surface area (TPSA) is 64.7 Å². The van der Waals surface area contributed by atoms with E-state index in [0.29, 0.717) is 17.8 Å². The van der Waals surface area contributed by atoms with E-state index in [-0.39, 0.29) is 5.97 Å². The number of rotatable bonds is 2. The molecule has 2 aromatic rings. The van der Waals surface area contributed by atoms with Crippen LogP contribution in [-0.2, 0) is 4.74 Å². The van der Waals surface area contributed by atoms with Gasteiger partial charge in [-0.2, -0.15) is 0 Å². The molecule has 0 saturated carbocycles. The summed E-state index contributed by atoms with van der Waals surface area (Å²) in [6, 6.07) is 13.4. The van der Waals surface area contributed by atoms with Gasteiger partial charge in [0.15, 0.2) is 0 Å². The fourth-order valence-corrected chi connectivity index (χ4v) is 2.38. The number of nitrogens with zero attached hydrogens (tertiary/aromatic N) is 1. The van der Waals surface area contributed by atoms with Gasteiger partial charge in [-0.15, -0.1) is 0 Å². The number of amidine groups is 1. The lowest BCUT2D eigenvalue weighted by molar-refractivity contribution is 0.0601. The minimum atomic E-state index is -0.337. The average molecular weight is 292 g/mol. The van der Waals surface area contributed by atoms with Crippen LogP contribution < -0.4 is 5.73 Å². The first-order valence-corrected chi connectivity index (χ1v) is 7.00. The van der Waals surface area contributed by atoms with Crippen molar-refractivity contribution < 1.29 is 9.53 Å². The molecule has 1 heterocycles. The summed E-state index contributed by atoms with van der Waals surface area (Å²) in [6.45, 7) is 0. The SMILES string of the molecule is COC(=O)c1ccc(-c2ccc3c(c2)N=C(N)CC=C3)cc1. The Bertz CT molecular complexity index is 774. The number of benzene rings is 2. The highest BCUT2D eigenvalue weighted by Gasteiger charge is 2.08. The van der Waals surface area contributed by atoms with Crippen molar-refractivity contribution in [3.63, 3.8) is 0 Å². The monoisotopic (exact) mass is 292 g/mol. The molecule has 3 rings (SSSR count). The molecule has 0 unspecified atom stereocenters. The van der Waals surface area contributed by atoms with E-state index in [1.165, 1.54) is 7.11 Å². The summed E-state index contributed by atoms with van der Waals surface area (Å²) in [5.74, 6) is 0.268. The lowest BCUT2D eigenvalue weighted by Gasteiger charge is -2.07. The first-order chi connectivity index (χ1) is 10.7. The Morgan fingerprint density at radius 2 is 1.86 bits per heavy atom. The summed E-state index contributed by atoms with van der Waals surface area (Å²) in [7, 11) is 1.37. The van der Waals surface area contributed by atoms with Crippen LogP contribution in [0.2, 0.25) is 0 Å². The van der Waals surface area contributed by atoms with Crippen molar-refractivity contribution >= 4 is 23.6 Å². The number of ether oxygens (including phenoxy) is 1. The molecule has 0 bridgehead atoms. The quantitative estimate of drug-likeness (QED) is 0.861. The molecule has 110 valence electrons. The van der Waals surface area contributed by atoms with Crippen molar-refractivity contribution in [1.29, 1.82) is 0 Å². The maximum Gasteiger partial charge on any atom is 0.337 e. The van der Waals surface area contributed by atoms with Gasteiger partial charge in [-0.1, -0.05) is 36.4 Å². The Kier molecular flexibility index (Phi) is 3.74. The number of hydrogen-bond acceptors (Lipinski definition) is 4. The van der Waals surface area contributed by atoms with Gasteiger partial charge >= 0.3 is 5.97 Å². The zero-order valence-corrected chi connectivity index (χ0v) is 12.2. The average Bonchev–Trinajstić information content (AvgIpc) is 2.74. The van der Waals surface area contributed by atoms with Crippen LogP contribution in [0.4, 0.5) is 5.69 Å². The van der Waals surface area contributed by atoms with Crippen LogP contribution in [0.5, 0.6) is 0 Å². The second kappa shape index (κ2) is 5.85. The van der Waals surface area contributed by atoms with E-state index in [9.17, 15) is 4.79 Å². The number of carbonyl (C=O) groups is 1. The lowest BCUT2D eigenvalue weighted by Crippen LogP contribution is -2.08. The summed E-state index contributed by atoms with van der Waals surface area (Å²) >= 11 is 0. The number of methoxy groups -OCH3 is 1. The van der Waals surface area contributed by atoms with Crippen LogP contribution in [0.15, 0.2) is 53.5 Å². The predicted octanol–water partition coefficient (Wildman–Crippen LogP) is 3.55. The number of fused-ring (bicyclic) bond motifs is 1. The Hall–Kier alpha value is -2.88. The zero-order valence-electron chi connectivity index (χ0n) is 12.2. The standard InChI is InChI=1S/C18H16N2O2/c1-22-18(21)14-8-5-12(6-9-14)15-10-7-13-3-2-4-17(19)20-16(13)11-15/h2-3,5-11H,4H2,1H3,(H2,19,20). The van der Waals surface area contributed by atoms with Crippen molar-refractivity contribution in [1.82, 2.24) is 0 Å². The van der Waals surface area contributed by atoms with Crippen molar-refractivity contribution in [2.75, 3.05) is 7.11 Å². The number of aliphatic imine (C=N–C) groups is 1. The van der Waals surface area contributed by atoms with Crippen molar-refractivity contribution in [2.45, 2.75) is 6.42 Å². The van der Waals surface area contributed by atoms with Crippen LogP contribution in [0.1, 0.15) is 22.3 Å². The van der Waals surface area contributed by atoms with Gasteiger partial charge in [0.1, 0.15) is 5.84 Å². The van der Waals surface area contributed by atoms with Crippen molar-refractivity contribution in [3.05, 3.63) is 59.7 Å². The third-order valence-corrected chi connectivity index (χ3v) is 3.56. The van der Waals surface area contributed by atoms with E-state index in [0.717, 1.165) is 22.4 Å². The van der Waals surface area contributed by atoms with Gasteiger partial charge in [-0.05, 0) is 34.9 Å². The molecule has 2 aromatic carbocycles. The summed E-state index contributed by atoms with van der Waals surface area (Å²) in [6.07, 6.45) is 4.70. The van der Waals surface area contributed by atoms with Gasteiger partial charge in [0, 0.05) is 6.42 Å². The Morgan fingerprint density at radius 1 is 1.14 bits per heavy atom. The molecule has 0 saturated heterocycles. The molecule has 4 heteroatoms. The molecule has 22 heavy (non-hydrogen) atoms. The summed E-state index contributed by atoms with van der Waals surface area (Å²) in [4.78, 5) is 15.9. The van der Waals surface area contributed by atoms with Crippen LogP contribution in [-0.4, -0.2) is 18.9 Å².